The Bertz CT molecular complexity index is 712. The van der Waals surface area contributed by atoms with Crippen LogP contribution in [0.4, 0.5) is 0 Å². The number of carbonyl (C=O) groups excluding carboxylic acids is 2. The van der Waals surface area contributed by atoms with E-state index in [9.17, 15) is 14.7 Å². The van der Waals surface area contributed by atoms with Gasteiger partial charge in [0.1, 0.15) is 0 Å². The number of nitrogens with zero attached hydrogens (tertiary/aromatic N) is 2. The zero-order valence-electron chi connectivity index (χ0n) is 12.2. The molecule has 1 saturated heterocycles. The molecule has 3 rings (SSSR count). The molecule has 1 fully saturated rings. The number of para-hydroxylation sites is 1. The van der Waals surface area contributed by atoms with Gasteiger partial charge in [0.25, 0.3) is 5.91 Å². The molecule has 1 aromatic heterocycles. The van der Waals surface area contributed by atoms with Crippen molar-refractivity contribution in [2.45, 2.75) is 13.0 Å². The van der Waals surface area contributed by atoms with Crippen LogP contribution in [-0.4, -0.2) is 57.8 Å². The number of hydrogen-bond acceptors (Lipinski definition) is 4. The first kappa shape index (κ1) is 14.5. The Kier molecular flexibility index (Phi) is 3.81. The number of amides is 2. The van der Waals surface area contributed by atoms with E-state index in [1.165, 1.54) is 6.92 Å². The second kappa shape index (κ2) is 5.76. The van der Waals surface area contributed by atoms with Gasteiger partial charge < -0.3 is 15.3 Å². The first-order valence-electron chi connectivity index (χ1n) is 7.20. The summed E-state index contributed by atoms with van der Waals surface area (Å²) in [6.07, 6.45) is 0. The van der Waals surface area contributed by atoms with Gasteiger partial charge in [-0.2, -0.15) is 5.10 Å². The Morgan fingerprint density at radius 2 is 2.18 bits per heavy atom. The van der Waals surface area contributed by atoms with Crippen LogP contribution >= 0.6 is 0 Å². The van der Waals surface area contributed by atoms with Crippen molar-refractivity contribution in [3.63, 3.8) is 0 Å². The molecule has 3 N–H and O–H groups in total. The van der Waals surface area contributed by atoms with Crippen molar-refractivity contribution >= 4 is 22.7 Å². The first-order chi connectivity index (χ1) is 10.6. The highest BCUT2D eigenvalue weighted by Crippen LogP contribution is 2.22. The van der Waals surface area contributed by atoms with Gasteiger partial charge in [0.2, 0.25) is 5.91 Å². The Hall–Kier alpha value is -2.41. The third-order valence-electron chi connectivity index (χ3n) is 4.02. The van der Waals surface area contributed by atoms with Crippen molar-refractivity contribution in [3.05, 3.63) is 30.0 Å². The van der Waals surface area contributed by atoms with Crippen LogP contribution in [-0.2, 0) is 4.79 Å². The van der Waals surface area contributed by atoms with Gasteiger partial charge in [0.05, 0.1) is 11.6 Å². The number of fused-ring (bicyclic) bond motifs is 1. The van der Waals surface area contributed by atoms with E-state index in [1.807, 2.05) is 24.3 Å². The number of carbonyl (C=O) groups is 2. The highest BCUT2D eigenvalue weighted by atomic mass is 16.3. The van der Waals surface area contributed by atoms with Crippen molar-refractivity contribution in [1.82, 2.24) is 20.4 Å². The molecule has 0 bridgehead atoms. The quantitative estimate of drug-likeness (QED) is 0.750. The van der Waals surface area contributed by atoms with Crippen LogP contribution < -0.4 is 5.32 Å². The van der Waals surface area contributed by atoms with Gasteiger partial charge in [0.15, 0.2) is 5.69 Å². The van der Waals surface area contributed by atoms with Crippen LogP contribution in [0.3, 0.4) is 0 Å². The third kappa shape index (κ3) is 2.55. The summed E-state index contributed by atoms with van der Waals surface area (Å²) >= 11 is 0. The van der Waals surface area contributed by atoms with Crippen LogP contribution in [0.5, 0.6) is 0 Å². The van der Waals surface area contributed by atoms with E-state index >= 15 is 0 Å². The molecule has 0 radical (unpaired) electrons. The summed E-state index contributed by atoms with van der Waals surface area (Å²) < 4.78 is 0. The largest absolute Gasteiger partial charge is 0.396 e. The van der Waals surface area contributed by atoms with Crippen molar-refractivity contribution in [1.29, 1.82) is 0 Å². The summed E-state index contributed by atoms with van der Waals surface area (Å²) in [5.41, 5.74) is 1.18. The van der Waals surface area contributed by atoms with Crippen LogP contribution in [0.25, 0.3) is 10.9 Å². The SMILES string of the molecule is CC(=O)N[C@@H]1CN(C(=O)c2n[nH]c3ccccc23)C[C@H]1CO. The molecule has 2 aromatic rings. The van der Waals surface area contributed by atoms with E-state index in [-0.39, 0.29) is 30.4 Å². The summed E-state index contributed by atoms with van der Waals surface area (Å²) in [4.78, 5) is 25.5. The molecule has 7 nitrogen and oxygen atoms in total. The van der Waals surface area contributed by atoms with Gasteiger partial charge in [-0.3, -0.25) is 14.7 Å². The van der Waals surface area contributed by atoms with E-state index in [0.29, 0.717) is 18.8 Å². The summed E-state index contributed by atoms with van der Waals surface area (Å²) in [7, 11) is 0. The standard InChI is InChI=1S/C15H18N4O3/c1-9(21)16-13-7-19(6-10(13)8-20)15(22)14-11-4-2-3-5-12(11)17-18-14/h2-5,10,13,20H,6-8H2,1H3,(H,16,21)(H,17,18)/t10-,13+/m0/s1. The fraction of sp³-hybridized carbons (Fsp3) is 0.400. The van der Waals surface area contributed by atoms with Crippen LogP contribution in [0.15, 0.2) is 24.3 Å². The van der Waals surface area contributed by atoms with Crippen molar-refractivity contribution in [3.8, 4) is 0 Å². The predicted octanol–water partition coefficient (Wildman–Crippen LogP) is 0.132. The Balaban J connectivity index is 1.82. The van der Waals surface area contributed by atoms with E-state index in [2.05, 4.69) is 15.5 Å². The minimum atomic E-state index is -0.225. The van der Waals surface area contributed by atoms with E-state index in [4.69, 9.17) is 0 Å². The van der Waals surface area contributed by atoms with Gasteiger partial charge >= 0.3 is 0 Å². The lowest BCUT2D eigenvalue weighted by Gasteiger charge is -2.16. The summed E-state index contributed by atoms with van der Waals surface area (Å²) in [6, 6.07) is 7.21. The van der Waals surface area contributed by atoms with Crippen LogP contribution in [0.1, 0.15) is 17.4 Å². The van der Waals surface area contributed by atoms with Crippen LogP contribution in [0.2, 0.25) is 0 Å². The topological polar surface area (TPSA) is 98.3 Å². The van der Waals surface area contributed by atoms with E-state index < -0.39 is 0 Å². The number of aromatic amines is 1. The summed E-state index contributed by atoms with van der Waals surface area (Å²) in [5, 5.41) is 20.0. The normalized spacial score (nSPS) is 21.3. The molecule has 0 unspecified atom stereocenters. The third-order valence-corrected chi connectivity index (χ3v) is 4.02. The fourth-order valence-corrected chi connectivity index (χ4v) is 2.92. The molecule has 116 valence electrons. The van der Waals surface area contributed by atoms with Crippen LogP contribution in [0, 0.1) is 5.92 Å². The molecule has 0 aliphatic carbocycles. The summed E-state index contributed by atoms with van der Waals surface area (Å²) in [5.74, 6) is -0.509. The molecule has 0 spiro atoms. The zero-order chi connectivity index (χ0) is 15.7. The van der Waals surface area contributed by atoms with Gasteiger partial charge in [-0.25, -0.2) is 0 Å². The number of benzene rings is 1. The predicted molar refractivity (Wildman–Crippen MR) is 80.2 cm³/mol. The Labute approximate surface area is 127 Å². The minimum absolute atomic E-state index is 0.0734. The van der Waals surface area contributed by atoms with E-state index in [0.717, 1.165) is 10.9 Å². The maximum atomic E-state index is 12.7. The highest BCUT2D eigenvalue weighted by Gasteiger charge is 2.36. The molecule has 2 atom stereocenters. The lowest BCUT2D eigenvalue weighted by molar-refractivity contribution is -0.119. The fourth-order valence-electron chi connectivity index (χ4n) is 2.92. The van der Waals surface area contributed by atoms with Gasteiger partial charge in [-0.15, -0.1) is 0 Å². The van der Waals surface area contributed by atoms with E-state index in [1.54, 1.807) is 4.90 Å². The maximum absolute atomic E-state index is 12.7. The number of aromatic nitrogens is 2. The second-order valence-corrected chi connectivity index (χ2v) is 5.58. The van der Waals surface area contributed by atoms with Gasteiger partial charge in [-0.1, -0.05) is 18.2 Å². The Morgan fingerprint density at radius 3 is 2.91 bits per heavy atom. The molecule has 2 amide bonds. The van der Waals surface area contributed by atoms with Gasteiger partial charge in [0, 0.05) is 37.9 Å². The molecule has 22 heavy (non-hydrogen) atoms. The zero-order valence-corrected chi connectivity index (χ0v) is 12.2. The number of aliphatic hydroxyl groups is 1. The lowest BCUT2D eigenvalue weighted by atomic mass is 10.1. The first-order valence-corrected chi connectivity index (χ1v) is 7.20. The smallest absolute Gasteiger partial charge is 0.275 e. The highest BCUT2D eigenvalue weighted by molar-refractivity contribution is 6.04. The number of rotatable bonds is 3. The number of aliphatic hydroxyl groups excluding tert-OH is 1. The van der Waals surface area contributed by atoms with Crippen molar-refractivity contribution < 1.29 is 14.7 Å². The number of likely N-dealkylation sites (tertiary alicyclic amines) is 1. The molecule has 7 heteroatoms. The Morgan fingerprint density at radius 1 is 1.41 bits per heavy atom. The lowest BCUT2D eigenvalue weighted by Crippen LogP contribution is -2.40. The molecular formula is C15H18N4O3. The number of H-pyrrole nitrogens is 1. The molecule has 1 aromatic carbocycles. The van der Waals surface area contributed by atoms with Gasteiger partial charge in [-0.05, 0) is 6.07 Å². The average molecular weight is 302 g/mol. The molecule has 2 heterocycles. The number of hydrogen-bond donors (Lipinski definition) is 3. The maximum Gasteiger partial charge on any atom is 0.275 e. The number of nitrogens with one attached hydrogen (secondary N) is 2. The summed E-state index contributed by atoms with van der Waals surface area (Å²) in [6.45, 7) is 2.14. The molecule has 1 aliphatic rings. The molecule has 1 aliphatic heterocycles. The molecule has 0 saturated carbocycles. The molecular weight excluding hydrogens is 284 g/mol. The second-order valence-electron chi connectivity index (χ2n) is 5.58. The van der Waals surface area contributed by atoms with Crippen molar-refractivity contribution in [2.75, 3.05) is 19.7 Å². The monoisotopic (exact) mass is 302 g/mol. The average Bonchev–Trinajstić information content (AvgIpc) is 3.09. The van der Waals surface area contributed by atoms with Crippen molar-refractivity contribution in [2.24, 2.45) is 5.92 Å². The minimum Gasteiger partial charge on any atom is -0.396 e.